The molecule has 0 spiro atoms. The van der Waals surface area contributed by atoms with Gasteiger partial charge in [0, 0.05) is 6.04 Å². The van der Waals surface area contributed by atoms with Crippen LogP contribution in [0.5, 0.6) is 5.75 Å². The predicted molar refractivity (Wildman–Crippen MR) is 82.9 cm³/mol. The quantitative estimate of drug-likeness (QED) is 0.801. The van der Waals surface area contributed by atoms with Crippen LogP contribution in [-0.2, 0) is 9.84 Å². The molecule has 1 atom stereocenters. The molecule has 0 saturated carbocycles. The van der Waals surface area contributed by atoms with Crippen LogP contribution >= 0.6 is 0 Å². The van der Waals surface area contributed by atoms with E-state index in [0.29, 0.717) is 6.61 Å². The number of hydrogen-bond donors (Lipinski definition) is 1. The second-order valence-electron chi connectivity index (χ2n) is 5.31. The molecule has 1 aromatic carbocycles. The van der Waals surface area contributed by atoms with Gasteiger partial charge in [-0.25, -0.2) is 8.42 Å². The van der Waals surface area contributed by atoms with Gasteiger partial charge in [0.25, 0.3) is 0 Å². The fourth-order valence-corrected chi connectivity index (χ4v) is 4.16. The van der Waals surface area contributed by atoms with Gasteiger partial charge in [-0.3, -0.25) is 0 Å². The number of rotatable bonds is 8. The number of benzene rings is 1. The maximum atomic E-state index is 12.1. The summed E-state index contributed by atoms with van der Waals surface area (Å²) < 4.78 is 29.6. The molecule has 0 aliphatic rings. The van der Waals surface area contributed by atoms with Crippen molar-refractivity contribution < 1.29 is 13.2 Å². The summed E-state index contributed by atoms with van der Waals surface area (Å²) in [6.45, 7) is 6.39. The van der Waals surface area contributed by atoms with Crippen molar-refractivity contribution in [2.45, 2.75) is 26.8 Å². The lowest BCUT2D eigenvalue weighted by atomic mass is 10.1. The van der Waals surface area contributed by atoms with Gasteiger partial charge >= 0.3 is 0 Å². The molecule has 20 heavy (non-hydrogen) atoms. The van der Waals surface area contributed by atoms with Crippen LogP contribution in [0.4, 0.5) is 0 Å². The largest absolute Gasteiger partial charge is 0.494 e. The van der Waals surface area contributed by atoms with Crippen molar-refractivity contribution in [3.05, 3.63) is 29.8 Å². The van der Waals surface area contributed by atoms with Gasteiger partial charge in [-0.05, 0) is 37.6 Å². The average molecular weight is 299 g/mol. The predicted octanol–water partition coefficient (Wildman–Crippen LogP) is 2.42. The van der Waals surface area contributed by atoms with E-state index in [9.17, 15) is 8.42 Å². The highest BCUT2D eigenvalue weighted by Gasteiger charge is 2.20. The fraction of sp³-hybridized carbons (Fsp3) is 0.600. The summed E-state index contributed by atoms with van der Waals surface area (Å²) in [7, 11) is -1.27. The van der Waals surface area contributed by atoms with Crippen LogP contribution in [-0.4, -0.2) is 33.6 Å². The Morgan fingerprint density at radius 2 is 1.75 bits per heavy atom. The van der Waals surface area contributed by atoms with Gasteiger partial charge in [0.2, 0.25) is 0 Å². The Morgan fingerprint density at radius 3 is 2.20 bits per heavy atom. The van der Waals surface area contributed by atoms with E-state index in [1.165, 1.54) is 0 Å². The number of nitrogens with one attached hydrogen (secondary N) is 1. The molecule has 0 radical (unpaired) electrons. The van der Waals surface area contributed by atoms with Crippen molar-refractivity contribution >= 4 is 9.84 Å². The van der Waals surface area contributed by atoms with Gasteiger partial charge in [0.1, 0.15) is 5.75 Å². The Morgan fingerprint density at radius 1 is 1.15 bits per heavy atom. The van der Waals surface area contributed by atoms with E-state index in [2.05, 4.69) is 5.32 Å². The summed E-state index contributed by atoms with van der Waals surface area (Å²) in [5, 5.41) is 3.08. The van der Waals surface area contributed by atoms with Crippen LogP contribution < -0.4 is 10.1 Å². The molecule has 1 unspecified atom stereocenters. The minimum atomic E-state index is -3.05. The van der Waals surface area contributed by atoms with Crippen LogP contribution in [0.25, 0.3) is 0 Å². The Labute approximate surface area is 122 Å². The summed E-state index contributed by atoms with van der Waals surface area (Å²) in [6, 6.07) is 7.39. The Kier molecular flexibility index (Phi) is 6.49. The Bertz CT molecular complexity index is 494. The zero-order valence-corrected chi connectivity index (χ0v) is 13.5. The van der Waals surface area contributed by atoms with E-state index in [4.69, 9.17) is 4.74 Å². The van der Waals surface area contributed by atoms with Gasteiger partial charge in [0.05, 0.1) is 18.1 Å². The molecular formula is C15H25NO3S. The molecular weight excluding hydrogens is 274 g/mol. The van der Waals surface area contributed by atoms with Gasteiger partial charge in [-0.1, -0.05) is 26.0 Å². The van der Waals surface area contributed by atoms with Crippen molar-refractivity contribution in [1.82, 2.24) is 5.32 Å². The lowest BCUT2D eigenvalue weighted by Gasteiger charge is -2.18. The highest BCUT2D eigenvalue weighted by Crippen LogP contribution is 2.20. The summed E-state index contributed by atoms with van der Waals surface area (Å²) >= 11 is 0. The molecule has 1 aromatic rings. The third kappa shape index (κ3) is 5.51. The summed E-state index contributed by atoms with van der Waals surface area (Å²) in [5.74, 6) is 1.30. The molecule has 5 heteroatoms. The third-order valence-electron chi connectivity index (χ3n) is 2.95. The van der Waals surface area contributed by atoms with Crippen LogP contribution in [0, 0.1) is 5.92 Å². The van der Waals surface area contributed by atoms with Crippen molar-refractivity contribution in [2.75, 3.05) is 25.2 Å². The van der Waals surface area contributed by atoms with E-state index in [-0.39, 0.29) is 23.5 Å². The monoisotopic (exact) mass is 299 g/mol. The van der Waals surface area contributed by atoms with E-state index in [1.54, 1.807) is 7.05 Å². The lowest BCUT2D eigenvalue weighted by Crippen LogP contribution is -2.27. The summed E-state index contributed by atoms with van der Waals surface area (Å²) in [5.41, 5.74) is 0.961. The molecule has 1 N–H and O–H groups in total. The van der Waals surface area contributed by atoms with E-state index >= 15 is 0 Å². The summed E-state index contributed by atoms with van der Waals surface area (Å²) in [6.07, 6.45) is 0. The molecule has 0 saturated heterocycles. The summed E-state index contributed by atoms with van der Waals surface area (Å²) in [4.78, 5) is 0. The van der Waals surface area contributed by atoms with Crippen molar-refractivity contribution in [3.63, 3.8) is 0 Å². The molecule has 0 aliphatic heterocycles. The van der Waals surface area contributed by atoms with Crippen LogP contribution in [0.1, 0.15) is 32.4 Å². The second kappa shape index (κ2) is 7.64. The first-order valence-electron chi connectivity index (χ1n) is 6.98. The van der Waals surface area contributed by atoms with Crippen molar-refractivity contribution in [2.24, 2.45) is 5.92 Å². The molecule has 0 aromatic heterocycles. The zero-order chi connectivity index (χ0) is 15.2. The normalized spacial score (nSPS) is 13.4. The maximum absolute atomic E-state index is 12.1. The molecule has 0 heterocycles. The zero-order valence-electron chi connectivity index (χ0n) is 12.7. The molecule has 1 rings (SSSR count). The first-order valence-corrected chi connectivity index (χ1v) is 8.80. The molecule has 0 fully saturated rings. The average Bonchev–Trinajstić information content (AvgIpc) is 2.36. The van der Waals surface area contributed by atoms with E-state index < -0.39 is 9.84 Å². The number of sulfone groups is 1. The van der Waals surface area contributed by atoms with Gasteiger partial charge in [-0.15, -0.1) is 0 Å². The Hall–Kier alpha value is -1.07. The highest BCUT2D eigenvalue weighted by atomic mass is 32.2. The maximum Gasteiger partial charge on any atom is 0.152 e. The molecule has 0 amide bonds. The van der Waals surface area contributed by atoms with Crippen molar-refractivity contribution in [3.8, 4) is 5.75 Å². The standard InChI is InChI=1S/C15H25NO3S/c1-5-19-14-8-6-13(7-9-14)15(16-4)11-20(17,18)10-12(2)3/h6-9,12,15-16H,5,10-11H2,1-4H3. The smallest absolute Gasteiger partial charge is 0.152 e. The van der Waals surface area contributed by atoms with Crippen LogP contribution in [0.3, 0.4) is 0 Å². The van der Waals surface area contributed by atoms with Gasteiger partial charge in [0.15, 0.2) is 9.84 Å². The van der Waals surface area contributed by atoms with Crippen molar-refractivity contribution in [1.29, 1.82) is 0 Å². The fourth-order valence-electron chi connectivity index (χ4n) is 2.14. The number of hydrogen-bond acceptors (Lipinski definition) is 4. The van der Waals surface area contributed by atoms with Gasteiger partial charge in [-0.2, -0.15) is 0 Å². The second-order valence-corrected chi connectivity index (χ2v) is 7.47. The third-order valence-corrected chi connectivity index (χ3v) is 4.97. The molecule has 4 nitrogen and oxygen atoms in total. The van der Waals surface area contributed by atoms with Crippen LogP contribution in [0.15, 0.2) is 24.3 Å². The molecule has 114 valence electrons. The Balaban J connectivity index is 2.80. The molecule has 0 aliphatic carbocycles. The van der Waals surface area contributed by atoms with Gasteiger partial charge < -0.3 is 10.1 Å². The lowest BCUT2D eigenvalue weighted by molar-refractivity contribution is 0.340. The first-order chi connectivity index (χ1) is 9.38. The van der Waals surface area contributed by atoms with Crippen LogP contribution in [0.2, 0.25) is 0 Å². The minimum Gasteiger partial charge on any atom is -0.494 e. The number of ether oxygens (including phenoxy) is 1. The highest BCUT2D eigenvalue weighted by molar-refractivity contribution is 7.91. The topological polar surface area (TPSA) is 55.4 Å². The van der Waals surface area contributed by atoms with E-state index in [0.717, 1.165) is 11.3 Å². The SMILES string of the molecule is CCOc1ccc(C(CS(=O)(=O)CC(C)C)NC)cc1. The first kappa shape index (κ1) is 17.0. The van der Waals surface area contributed by atoms with E-state index in [1.807, 2.05) is 45.0 Å². The minimum absolute atomic E-state index is 0.121. The molecule has 0 bridgehead atoms.